The van der Waals surface area contributed by atoms with E-state index in [0.717, 1.165) is 40.1 Å². The van der Waals surface area contributed by atoms with E-state index in [0.29, 0.717) is 23.7 Å². The SMILES string of the molecule is O=C(Nc1ccc(N2CCN(C(=O)c3cccs3)CC2)cc1)c1cccc2c(Cl)cccc12. The molecule has 5 nitrogen and oxygen atoms in total. The molecule has 0 bridgehead atoms. The van der Waals surface area contributed by atoms with Crippen molar-refractivity contribution in [3.63, 3.8) is 0 Å². The van der Waals surface area contributed by atoms with Gasteiger partial charge in [-0.25, -0.2) is 0 Å². The summed E-state index contributed by atoms with van der Waals surface area (Å²) in [6, 6.07) is 22.8. The molecule has 1 fully saturated rings. The van der Waals surface area contributed by atoms with Gasteiger partial charge in [-0.3, -0.25) is 9.59 Å². The molecule has 7 heteroatoms. The standard InChI is InChI=1S/C26H22ClN3O2S/c27-23-7-2-4-20-21(23)5-1-6-22(20)25(31)28-18-9-11-19(12-10-18)29-13-15-30(16-14-29)26(32)24-8-3-17-33-24/h1-12,17H,13-16H2,(H,28,31). The first-order chi connectivity index (χ1) is 16.1. The van der Waals surface area contributed by atoms with Crippen molar-refractivity contribution >= 4 is 56.9 Å². The normalized spacial score (nSPS) is 13.8. The molecule has 1 saturated heterocycles. The van der Waals surface area contributed by atoms with Crippen LogP contribution in [0.15, 0.2) is 78.2 Å². The van der Waals surface area contributed by atoms with E-state index in [1.54, 1.807) is 6.07 Å². The number of nitrogens with zero attached hydrogens (tertiary/aromatic N) is 2. The van der Waals surface area contributed by atoms with Gasteiger partial charge in [0.05, 0.1) is 4.88 Å². The second-order valence-electron chi connectivity index (χ2n) is 7.90. The van der Waals surface area contributed by atoms with Crippen LogP contribution in [-0.2, 0) is 0 Å². The highest BCUT2D eigenvalue weighted by Gasteiger charge is 2.23. The molecular weight excluding hydrogens is 454 g/mol. The molecular formula is C26H22ClN3O2S. The molecule has 0 spiro atoms. The summed E-state index contributed by atoms with van der Waals surface area (Å²) in [6.45, 7) is 2.94. The van der Waals surface area contributed by atoms with E-state index in [1.807, 2.05) is 77.0 Å². The maximum Gasteiger partial charge on any atom is 0.264 e. The summed E-state index contributed by atoms with van der Waals surface area (Å²) in [5, 5.41) is 7.23. The number of piperazine rings is 1. The molecule has 4 aromatic rings. The average molecular weight is 476 g/mol. The molecule has 0 unspecified atom stereocenters. The van der Waals surface area contributed by atoms with Crippen molar-refractivity contribution < 1.29 is 9.59 Å². The van der Waals surface area contributed by atoms with Gasteiger partial charge in [0.2, 0.25) is 0 Å². The number of anilines is 2. The van der Waals surface area contributed by atoms with E-state index in [1.165, 1.54) is 11.3 Å². The third kappa shape index (κ3) is 4.45. The lowest BCUT2D eigenvalue weighted by Crippen LogP contribution is -2.48. The Kier molecular flexibility index (Phi) is 6.03. The molecule has 0 aliphatic carbocycles. The van der Waals surface area contributed by atoms with Crippen LogP contribution in [0.25, 0.3) is 10.8 Å². The average Bonchev–Trinajstić information content (AvgIpc) is 3.39. The molecule has 166 valence electrons. The summed E-state index contributed by atoms with van der Waals surface area (Å²) in [4.78, 5) is 30.4. The highest BCUT2D eigenvalue weighted by atomic mass is 35.5. The first-order valence-corrected chi connectivity index (χ1v) is 12.0. The second-order valence-corrected chi connectivity index (χ2v) is 9.25. The molecule has 5 rings (SSSR count). The summed E-state index contributed by atoms with van der Waals surface area (Å²) in [6.07, 6.45) is 0. The molecule has 0 atom stereocenters. The number of carbonyl (C=O) groups excluding carboxylic acids is 2. The van der Waals surface area contributed by atoms with Crippen molar-refractivity contribution in [3.8, 4) is 0 Å². The predicted octanol–water partition coefficient (Wildman–Crippen LogP) is 5.77. The van der Waals surface area contributed by atoms with Crippen LogP contribution in [0.2, 0.25) is 5.02 Å². The van der Waals surface area contributed by atoms with Gasteiger partial charge in [0.1, 0.15) is 0 Å². The predicted molar refractivity (Wildman–Crippen MR) is 136 cm³/mol. The Morgan fingerprint density at radius 2 is 1.55 bits per heavy atom. The maximum absolute atomic E-state index is 12.9. The van der Waals surface area contributed by atoms with Crippen LogP contribution >= 0.6 is 22.9 Å². The Morgan fingerprint density at radius 1 is 0.818 bits per heavy atom. The van der Waals surface area contributed by atoms with Crippen LogP contribution in [0.5, 0.6) is 0 Å². The fraction of sp³-hybridized carbons (Fsp3) is 0.154. The fourth-order valence-electron chi connectivity index (χ4n) is 4.15. The maximum atomic E-state index is 12.9. The number of benzene rings is 3. The number of thiophene rings is 1. The molecule has 1 aliphatic heterocycles. The largest absolute Gasteiger partial charge is 0.368 e. The van der Waals surface area contributed by atoms with Gasteiger partial charge in [0.15, 0.2) is 0 Å². The highest BCUT2D eigenvalue weighted by Crippen LogP contribution is 2.27. The Bertz CT molecular complexity index is 1300. The third-order valence-corrected chi connectivity index (χ3v) is 7.09. The minimum atomic E-state index is -0.170. The van der Waals surface area contributed by atoms with Gasteiger partial charge in [-0.1, -0.05) is 41.9 Å². The molecule has 0 saturated carbocycles. The van der Waals surface area contributed by atoms with Crippen LogP contribution in [0.3, 0.4) is 0 Å². The number of hydrogen-bond donors (Lipinski definition) is 1. The van der Waals surface area contributed by atoms with Crippen molar-refractivity contribution in [3.05, 3.63) is 93.6 Å². The Balaban J connectivity index is 1.23. The number of carbonyl (C=O) groups is 2. The number of nitrogens with one attached hydrogen (secondary N) is 1. The van der Waals surface area contributed by atoms with Gasteiger partial charge in [0, 0.05) is 53.5 Å². The van der Waals surface area contributed by atoms with Crippen molar-refractivity contribution in [2.45, 2.75) is 0 Å². The van der Waals surface area contributed by atoms with E-state index in [-0.39, 0.29) is 11.8 Å². The van der Waals surface area contributed by atoms with Crippen molar-refractivity contribution in [2.24, 2.45) is 0 Å². The summed E-state index contributed by atoms with van der Waals surface area (Å²) < 4.78 is 0. The van der Waals surface area contributed by atoms with Gasteiger partial charge in [-0.05, 0) is 53.2 Å². The number of amides is 2. The van der Waals surface area contributed by atoms with Gasteiger partial charge < -0.3 is 15.1 Å². The highest BCUT2D eigenvalue weighted by molar-refractivity contribution is 7.12. The smallest absolute Gasteiger partial charge is 0.264 e. The number of hydrogen-bond acceptors (Lipinski definition) is 4. The summed E-state index contributed by atoms with van der Waals surface area (Å²) in [5.41, 5.74) is 2.40. The molecule has 1 N–H and O–H groups in total. The van der Waals surface area contributed by atoms with Crippen LogP contribution in [0.1, 0.15) is 20.0 Å². The molecule has 0 radical (unpaired) electrons. The second kappa shape index (κ2) is 9.25. The topological polar surface area (TPSA) is 52.7 Å². The Morgan fingerprint density at radius 3 is 2.27 bits per heavy atom. The zero-order valence-corrected chi connectivity index (χ0v) is 19.4. The molecule has 1 aromatic heterocycles. The first kappa shape index (κ1) is 21.5. The molecule has 3 aromatic carbocycles. The first-order valence-electron chi connectivity index (χ1n) is 10.8. The Hall–Kier alpha value is -3.35. The molecule has 2 heterocycles. The number of fused-ring (bicyclic) bond motifs is 1. The monoisotopic (exact) mass is 475 g/mol. The summed E-state index contributed by atoms with van der Waals surface area (Å²) in [7, 11) is 0. The van der Waals surface area contributed by atoms with Crippen molar-refractivity contribution in [1.29, 1.82) is 0 Å². The lowest BCUT2D eigenvalue weighted by atomic mass is 10.0. The van der Waals surface area contributed by atoms with Crippen molar-refractivity contribution in [1.82, 2.24) is 4.90 Å². The molecule has 2 amide bonds. The quantitative estimate of drug-likeness (QED) is 0.407. The zero-order chi connectivity index (χ0) is 22.8. The zero-order valence-electron chi connectivity index (χ0n) is 17.8. The van der Waals surface area contributed by atoms with Crippen LogP contribution in [-0.4, -0.2) is 42.9 Å². The summed E-state index contributed by atoms with van der Waals surface area (Å²) >= 11 is 7.76. The minimum Gasteiger partial charge on any atom is -0.368 e. The molecule has 1 aliphatic rings. The van der Waals surface area contributed by atoms with Gasteiger partial charge in [0.25, 0.3) is 11.8 Å². The van der Waals surface area contributed by atoms with E-state index < -0.39 is 0 Å². The van der Waals surface area contributed by atoms with Crippen molar-refractivity contribution in [2.75, 3.05) is 36.4 Å². The summed E-state index contributed by atoms with van der Waals surface area (Å²) in [5.74, 6) is -0.0613. The number of rotatable bonds is 4. The van der Waals surface area contributed by atoms with Gasteiger partial charge in [-0.2, -0.15) is 0 Å². The fourth-order valence-corrected chi connectivity index (χ4v) is 5.08. The van der Waals surface area contributed by atoms with Crippen LogP contribution < -0.4 is 10.2 Å². The van der Waals surface area contributed by atoms with Gasteiger partial charge in [-0.15, -0.1) is 11.3 Å². The van der Waals surface area contributed by atoms with E-state index in [9.17, 15) is 9.59 Å². The van der Waals surface area contributed by atoms with E-state index in [4.69, 9.17) is 11.6 Å². The molecule has 33 heavy (non-hydrogen) atoms. The van der Waals surface area contributed by atoms with Crippen LogP contribution in [0.4, 0.5) is 11.4 Å². The van der Waals surface area contributed by atoms with E-state index in [2.05, 4.69) is 10.2 Å². The lowest BCUT2D eigenvalue weighted by Gasteiger charge is -2.36. The van der Waals surface area contributed by atoms with Gasteiger partial charge >= 0.3 is 0 Å². The van der Waals surface area contributed by atoms with Crippen LogP contribution in [0, 0.1) is 0 Å². The number of halogens is 1. The Labute approximate surface area is 201 Å². The lowest BCUT2D eigenvalue weighted by molar-refractivity contribution is 0.0751. The minimum absolute atomic E-state index is 0.109. The van der Waals surface area contributed by atoms with E-state index >= 15 is 0 Å². The third-order valence-electron chi connectivity index (χ3n) is 5.90.